The molecule has 0 bridgehead atoms. The molecule has 1 fully saturated rings. The van der Waals surface area contributed by atoms with Crippen LogP contribution >= 0.6 is 0 Å². The van der Waals surface area contributed by atoms with Gasteiger partial charge in [-0.05, 0) is 37.5 Å². The van der Waals surface area contributed by atoms with Crippen molar-refractivity contribution in [3.63, 3.8) is 0 Å². The Morgan fingerprint density at radius 3 is 2.84 bits per heavy atom. The van der Waals surface area contributed by atoms with Crippen molar-refractivity contribution in [3.05, 3.63) is 29.3 Å². The molecule has 0 aliphatic carbocycles. The Morgan fingerprint density at radius 2 is 2.21 bits per heavy atom. The zero-order valence-electron chi connectivity index (χ0n) is 10.8. The molecular formula is C13H18N2O3S. The molecule has 2 rings (SSSR count). The Morgan fingerprint density at radius 1 is 1.47 bits per heavy atom. The summed E-state index contributed by atoms with van der Waals surface area (Å²) in [7, 11) is -3.02. The van der Waals surface area contributed by atoms with Crippen LogP contribution in [-0.4, -0.2) is 31.9 Å². The molecule has 1 aliphatic rings. The highest BCUT2D eigenvalue weighted by Gasteiger charge is 2.31. The first-order valence-electron chi connectivity index (χ1n) is 6.26. The van der Waals surface area contributed by atoms with E-state index >= 15 is 0 Å². The lowest BCUT2D eigenvalue weighted by atomic mass is 10.1. The van der Waals surface area contributed by atoms with E-state index in [0.29, 0.717) is 29.7 Å². The molecule has 1 unspecified atom stereocenters. The minimum atomic E-state index is -3.02. The average Bonchev–Trinajstić information content (AvgIpc) is 2.69. The molecule has 6 heteroatoms. The van der Waals surface area contributed by atoms with Gasteiger partial charge < -0.3 is 11.1 Å². The van der Waals surface area contributed by atoms with Crippen molar-refractivity contribution in [1.82, 2.24) is 5.32 Å². The van der Waals surface area contributed by atoms with Crippen LogP contribution < -0.4 is 11.1 Å². The SMILES string of the molecule is Cc1c(N)cccc1C(=O)NCC1CCCS1(=O)=O. The molecule has 104 valence electrons. The van der Waals surface area contributed by atoms with Crippen LogP contribution in [0, 0.1) is 6.92 Å². The van der Waals surface area contributed by atoms with Gasteiger partial charge in [0, 0.05) is 17.8 Å². The molecule has 1 saturated heterocycles. The van der Waals surface area contributed by atoms with Gasteiger partial charge in [-0.25, -0.2) is 8.42 Å². The lowest BCUT2D eigenvalue weighted by Gasteiger charge is -2.12. The predicted octanol–water partition coefficient (Wildman–Crippen LogP) is 0.884. The van der Waals surface area contributed by atoms with E-state index in [1.165, 1.54) is 0 Å². The quantitative estimate of drug-likeness (QED) is 0.806. The van der Waals surface area contributed by atoms with Crippen LogP contribution in [0.1, 0.15) is 28.8 Å². The summed E-state index contributed by atoms with van der Waals surface area (Å²) in [6.07, 6.45) is 1.30. The maximum absolute atomic E-state index is 12.0. The third-order valence-corrected chi connectivity index (χ3v) is 5.85. The van der Waals surface area contributed by atoms with Crippen LogP contribution in [0.4, 0.5) is 5.69 Å². The fourth-order valence-electron chi connectivity index (χ4n) is 2.29. The molecule has 5 nitrogen and oxygen atoms in total. The molecule has 1 heterocycles. The number of nitrogens with one attached hydrogen (secondary N) is 1. The van der Waals surface area contributed by atoms with Crippen LogP contribution in [0.3, 0.4) is 0 Å². The van der Waals surface area contributed by atoms with Crippen molar-refractivity contribution in [2.24, 2.45) is 0 Å². The zero-order chi connectivity index (χ0) is 14.0. The van der Waals surface area contributed by atoms with Crippen molar-refractivity contribution in [2.45, 2.75) is 25.0 Å². The normalized spacial score (nSPS) is 21.2. The number of sulfone groups is 1. The maximum atomic E-state index is 12.0. The van der Waals surface area contributed by atoms with Gasteiger partial charge in [0.2, 0.25) is 0 Å². The molecule has 0 radical (unpaired) electrons. The summed E-state index contributed by atoms with van der Waals surface area (Å²) >= 11 is 0. The van der Waals surface area contributed by atoms with Gasteiger partial charge in [0.25, 0.3) is 5.91 Å². The first-order chi connectivity index (χ1) is 8.92. The van der Waals surface area contributed by atoms with Gasteiger partial charge >= 0.3 is 0 Å². The monoisotopic (exact) mass is 282 g/mol. The number of nitrogens with two attached hydrogens (primary N) is 1. The third-order valence-electron chi connectivity index (χ3n) is 3.57. The first-order valence-corrected chi connectivity index (χ1v) is 7.98. The van der Waals surface area contributed by atoms with Crippen molar-refractivity contribution in [2.75, 3.05) is 18.0 Å². The Balaban J connectivity index is 2.04. The lowest BCUT2D eigenvalue weighted by molar-refractivity contribution is 0.0953. The fraction of sp³-hybridized carbons (Fsp3) is 0.462. The van der Waals surface area contributed by atoms with E-state index in [4.69, 9.17) is 5.73 Å². The zero-order valence-corrected chi connectivity index (χ0v) is 11.7. The molecule has 0 spiro atoms. The third kappa shape index (κ3) is 2.89. The number of carbonyl (C=O) groups excluding carboxylic acids is 1. The molecule has 0 aromatic heterocycles. The van der Waals surface area contributed by atoms with Crippen LogP contribution in [0.15, 0.2) is 18.2 Å². The smallest absolute Gasteiger partial charge is 0.251 e. The Bertz CT molecular complexity index is 596. The van der Waals surface area contributed by atoms with Crippen LogP contribution in [0.5, 0.6) is 0 Å². The summed E-state index contributed by atoms with van der Waals surface area (Å²) in [5, 5.41) is 2.24. The van der Waals surface area contributed by atoms with Crippen molar-refractivity contribution >= 4 is 21.4 Å². The number of nitrogen functional groups attached to an aromatic ring is 1. The summed E-state index contributed by atoms with van der Waals surface area (Å²) in [4.78, 5) is 12.0. The minimum absolute atomic E-state index is 0.176. The number of anilines is 1. The fourth-order valence-corrected chi connectivity index (χ4v) is 4.05. The van der Waals surface area contributed by atoms with Crippen molar-refractivity contribution < 1.29 is 13.2 Å². The molecule has 1 amide bonds. The number of carbonyl (C=O) groups is 1. The topological polar surface area (TPSA) is 89.3 Å². The van der Waals surface area contributed by atoms with Gasteiger partial charge in [0.1, 0.15) is 0 Å². The largest absolute Gasteiger partial charge is 0.398 e. The molecule has 1 aliphatic heterocycles. The summed E-state index contributed by atoms with van der Waals surface area (Å²) in [5.74, 6) is -0.0444. The Hall–Kier alpha value is -1.56. The van der Waals surface area contributed by atoms with E-state index in [9.17, 15) is 13.2 Å². The van der Waals surface area contributed by atoms with Crippen LogP contribution in [0.25, 0.3) is 0 Å². The number of rotatable bonds is 3. The summed E-state index contributed by atoms with van der Waals surface area (Å²) in [6, 6.07) is 5.13. The van der Waals surface area contributed by atoms with Gasteiger partial charge in [-0.1, -0.05) is 6.07 Å². The van der Waals surface area contributed by atoms with Crippen LogP contribution in [-0.2, 0) is 9.84 Å². The Labute approximate surface area is 113 Å². The van der Waals surface area contributed by atoms with E-state index < -0.39 is 15.1 Å². The summed E-state index contributed by atoms with van der Waals surface area (Å²) in [5.41, 5.74) is 7.51. The van der Waals surface area contributed by atoms with Gasteiger partial charge in [-0.2, -0.15) is 0 Å². The lowest BCUT2D eigenvalue weighted by Crippen LogP contribution is -2.34. The highest BCUT2D eigenvalue weighted by Crippen LogP contribution is 2.20. The van der Waals surface area contributed by atoms with E-state index in [-0.39, 0.29) is 18.2 Å². The van der Waals surface area contributed by atoms with E-state index in [0.717, 1.165) is 0 Å². The molecule has 1 atom stereocenters. The maximum Gasteiger partial charge on any atom is 0.251 e. The summed E-state index contributed by atoms with van der Waals surface area (Å²) in [6.45, 7) is 1.95. The van der Waals surface area contributed by atoms with Gasteiger partial charge in [-0.15, -0.1) is 0 Å². The average molecular weight is 282 g/mol. The van der Waals surface area contributed by atoms with Crippen molar-refractivity contribution in [1.29, 1.82) is 0 Å². The number of hydrogen-bond acceptors (Lipinski definition) is 4. The first kappa shape index (κ1) is 13.9. The van der Waals surface area contributed by atoms with E-state index in [1.54, 1.807) is 25.1 Å². The molecule has 0 saturated carbocycles. The molecule has 1 aromatic carbocycles. The minimum Gasteiger partial charge on any atom is -0.398 e. The van der Waals surface area contributed by atoms with Crippen LogP contribution in [0.2, 0.25) is 0 Å². The van der Waals surface area contributed by atoms with Gasteiger partial charge in [0.05, 0.1) is 11.0 Å². The van der Waals surface area contributed by atoms with E-state index in [2.05, 4.69) is 5.32 Å². The molecule has 3 N–H and O–H groups in total. The van der Waals surface area contributed by atoms with E-state index in [1.807, 2.05) is 0 Å². The number of hydrogen-bond donors (Lipinski definition) is 2. The number of benzene rings is 1. The second-order valence-corrected chi connectivity index (χ2v) is 7.26. The molecule has 19 heavy (non-hydrogen) atoms. The number of amides is 1. The standard InChI is InChI=1S/C13H18N2O3S/c1-9-11(5-2-6-12(9)14)13(16)15-8-10-4-3-7-19(10,17)18/h2,5-6,10H,3-4,7-8,14H2,1H3,(H,15,16). The molecule has 1 aromatic rings. The molecular weight excluding hydrogens is 264 g/mol. The predicted molar refractivity (Wildman–Crippen MR) is 74.7 cm³/mol. The summed E-state index contributed by atoms with van der Waals surface area (Å²) < 4.78 is 23.3. The highest BCUT2D eigenvalue weighted by atomic mass is 32.2. The second-order valence-electron chi connectivity index (χ2n) is 4.86. The van der Waals surface area contributed by atoms with Crippen molar-refractivity contribution in [3.8, 4) is 0 Å². The van der Waals surface area contributed by atoms with Gasteiger partial charge in [-0.3, -0.25) is 4.79 Å². The van der Waals surface area contributed by atoms with Gasteiger partial charge in [0.15, 0.2) is 9.84 Å². The highest BCUT2D eigenvalue weighted by molar-refractivity contribution is 7.92. The Kier molecular flexibility index (Phi) is 3.80. The second kappa shape index (κ2) is 5.21.